The van der Waals surface area contributed by atoms with Crippen molar-refractivity contribution in [3.63, 3.8) is 0 Å². The van der Waals surface area contributed by atoms with Crippen LogP contribution < -0.4 is 10.6 Å². The molecule has 17 heavy (non-hydrogen) atoms. The van der Waals surface area contributed by atoms with Gasteiger partial charge in [-0.05, 0) is 37.5 Å². The van der Waals surface area contributed by atoms with Crippen molar-refractivity contribution < 1.29 is 9.18 Å². The largest absolute Gasteiger partial charge is 0.348 e. The Morgan fingerprint density at radius 2 is 2.06 bits per heavy atom. The molecule has 1 saturated carbocycles. The number of amides is 1. The SMILES string of the molecule is C[C@H](NC(=O)CNC1CC1)c1ccc(F)cc1. The lowest BCUT2D eigenvalue weighted by atomic mass is 10.1. The van der Waals surface area contributed by atoms with Gasteiger partial charge in [0.25, 0.3) is 0 Å². The minimum atomic E-state index is -0.261. The molecule has 3 nitrogen and oxygen atoms in total. The third kappa shape index (κ3) is 3.82. The lowest BCUT2D eigenvalue weighted by molar-refractivity contribution is -0.120. The Morgan fingerprint density at radius 3 is 2.65 bits per heavy atom. The maximum Gasteiger partial charge on any atom is 0.234 e. The molecule has 0 spiro atoms. The molecule has 1 aliphatic carbocycles. The molecule has 1 aliphatic rings. The highest BCUT2D eigenvalue weighted by molar-refractivity contribution is 5.78. The van der Waals surface area contributed by atoms with E-state index in [1.54, 1.807) is 12.1 Å². The fourth-order valence-electron chi connectivity index (χ4n) is 1.65. The van der Waals surface area contributed by atoms with Gasteiger partial charge >= 0.3 is 0 Å². The van der Waals surface area contributed by atoms with Gasteiger partial charge in [-0.15, -0.1) is 0 Å². The van der Waals surface area contributed by atoms with E-state index in [4.69, 9.17) is 0 Å². The van der Waals surface area contributed by atoms with Gasteiger partial charge in [0.05, 0.1) is 12.6 Å². The van der Waals surface area contributed by atoms with E-state index in [0.717, 1.165) is 5.56 Å². The molecule has 0 radical (unpaired) electrons. The number of nitrogens with one attached hydrogen (secondary N) is 2. The van der Waals surface area contributed by atoms with Gasteiger partial charge in [-0.3, -0.25) is 4.79 Å². The molecule has 1 fully saturated rings. The van der Waals surface area contributed by atoms with Crippen molar-refractivity contribution in [2.75, 3.05) is 6.54 Å². The van der Waals surface area contributed by atoms with E-state index in [1.165, 1.54) is 25.0 Å². The second kappa shape index (κ2) is 5.27. The van der Waals surface area contributed by atoms with Crippen molar-refractivity contribution in [2.45, 2.75) is 31.8 Å². The zero-order valence-electron chi connectivity index (χ0n) is 9.87. The number of rotatable bonds is 5. The Balaban J connectivity index is 1.80. The van der Waals surface area contributed by atoms with Crippen molar-refractivity contribution in [2.24, 2.45) is 0 Å². The monoisotopic (exact) mass is 236 g/mol. The smallest absolute Gasteiger partial charge is 0.234 e. The molecule has 2 rings (SSSR count). The van der Waals surface area contributed by atoms with Crippen LogP contribution >= 0.6 is 0 Å². The summed E-state index contributed by atoms with van der Waals surface area (Å²) in [6.07, 6.45) is 2.33. The molecule has 0 aliphatic heterocycles. The van der Waals surface area contributed by atoms with Crippen molar-refractivity contribution in [1.29, 1.82) is 0 Å². The molecule has 92 valence electrons. The fraction of sp³-hybridized carbons (Fsp3) is 0.462. The van der Waals surface area contributed by atoms with Crippen LogP contribution in [-0.4, -0.2) is 18.5 Å². The molecule has 1 amide bonds. The van der Waals surface area contributed by atoms with Crippen LogP contribution in [0.15, 0.2) is 24.3 Å². The molecule has 0 bridgehead atoms. The van der Waals surface area contributed by atoms with Gasteiger partial charge in [0.1, 0.15) is 5.82 Å². The predicted molar refractivity (Wildman–Crippen MR) is 64.0 cm³/mol. The molecule has 1 aromatic carbocycles. The molecule has 1 atom stereocenters. The topological polar surface area (TPSA) is 41.1 Å². The summed E-state index contributed by atoms with van der Waals surface area (Å²) in [4.78, 5) is 11.6. The molecule has 0 unspecified atom stereocenters. The van der Waals surface area contributed by atoms with E-state index in [9.17, 15) is 9.18 Å². The van der Waals surface area contributed by atoms with E-state index in [0.29, 0.717) is 12.6 Å². The third-order valence-corrected chi connectivity index (χ3v) is 2.88. The van der Waals surface area contributed by atoms with Crippen molar-refractivity contribution in [3.05, 3.63) is 35.6 Å². The van der Waals surface area contributed by atoms with Crippen molar-refractivity contribution in [3.8, 4) is 0 Å². The van der Waals surface area contributed by atoms with Crippen molar-refractivity contribution >= 4 is 5.91 Å². The molecule has 0 heterocycles. The first-order chi connectivity index (χ1) is 8.15. The Bertz CT molecular complexity index is 387. The van der Waals surface area contributed by atoms with Gasteiger partial charge < -0.3 is 10.6 Å². The van der Waals surface area contributed by atoms with Gasteiger partial charge in [-0.1, -0.05) is 12.1 Å². The van der Waals surface area contributed by atoms with Gasteiger partial charge in [-0.25, -0.2) is 4.39 Å². The average Bonchev–Trinajstić information content (AvgIpc) is 3.11. The summed E-state index contributed by atoms with van der Waals surface area (Å²) in [5.41, 5.74) is 0.908. The van der Waals surface area contributed by atoms with Crippen LogP contribution in [0.2, 0.25) is 0 Å². The van der Waals surface area contributed by atoms with E-state index in [1.807, 2.05) is 6.92 Å². The highest BCUT2D eigenvalue weighted by Crippen LogP contribution is 2.18. The lowest BCUT2D eigenvalue weighted by Crippen LogP contribution is -2.36. The second-order valence-corrected chi connectivity index (χ2v) is 4.50. The van der Waals surface area contributed by atoms with Crippen molar-refractivity contribution in [1.82, 2.24) is 10.6 Å². The first-order valence-electron chi connectivity index (χ1n) is 5.93. The molecule has 1 aromatic rings. The minimum absolute atomic E-state index is 0.0197. The average molecular weight is 236 g/mol. The molecular formula is C13H17FN2O. The summed E-state index contributed by atoms with van der Waals surface area (Å²) in [5.74, 6) is -0.281. The Morgan fingerprint density at radius 1 is 1.41 bits per heavy atom. The number of carbonyl (C=O) groups is 1. The van der Waals surface area contributed by atoms with Crippen LogP contribution in [-0.2, 0) is 4.79 Å². The number of hydrogen-bond acceptors (Lipinski definition) is 2. The first kappa shape index (κ1) is 12.0. The zero-order chi connectivity index (χ0) is 12.3. The quantitative estimate of drug-likeness (QED) is 0.818. The minimum Gasteiger partial charge on any atom is -0.348 e. The van der Waals surface area contributed by atoms with E-state index >= 15 is 0 Å². The van der Waals surface area contributed by atoms with E-state index in [2.05, 4.69) is 10.6 Å². The predicted octanol–water partition coefficient (Wildman–Crippen LogP) is 1.75. The highest BCUT2D eigenvalue weighted by Gasteiger charge is 2.21. The maximum absolute atomic E-state index is 12.7. The number of carbonyl (C=O) groups excluding carboxylic acids is 1. The Kier molecular flexibility index (Phi) is 3.74. The second-order valence-electron chi connectivity index (χ2n) is 4.50. The van der Waals surface area contributed by atoms with Crippen LogP contribution in [0.5, 0.6) is 0 Å². The highest BCUT2D eigenvalue weighted by atomic mass is 19.1. The van der Waals surface area contributed by atoms with Crippen LogP contribution in [0.1, 0.15) is 31.4 Å². The summed E-state index contributed by atoms with van der Waals surface area (Å²) in [6, 6.07) is 6.62. The molecule has 2 N–H and O–H groups in total. The first-order valence-corrected chi connectivity index (χ1v) is 5.93. The normalized spacial score (nSPS) is 16.6. The molecule has 0 aromatic heterocycles. The van der Waals surface area contributed by atoms with E-state index < -0.39 is 0 Å². The fourth-order valence-corrected chi connectivity index (χ4v) is 1.65. The molecule has 4 heteroatoms. The number of hydrogen-bond donors (Lipinski definition) is 2. The number of benzene rings is 1. The van der Waals surface area contributed by atoms with Gasteiger partial charge in [-0.2, -0.15) is 0 Å². The Labute approximate surface area is 100 Å². The van der Waals surface area contributed by atoms with Gasteiger partial charge in [0.2, 0.25) is 5.91 Å². The number of halogens is 1. The Hall–Kier alpha value is -1.42. The summed E-state index contributed by atoms with van der Waals surface area (Å²) >= 11 is 0. The van der Waals surface area contributed by atoms with Crippen LogP contribution in [0, 0.1) is 5.82 Å². The summed E-state index contributed by atoms with van der Waals surface area (Å²) in [7, 11) is 0. The van der Waals surface area contributed by atoms with Gasteiger partial charge in [0, 0.05) is 6.04 Å². The molecule has 0 saturated heterocycles. The lowest BCUT2D eigenvalue weighted by Gasteiger charge is -2.14. The summed E-state index contributed by atoms with van der Waals surface area (Å²) in [6.45, 7) is 2.25. The maximum atomic E-state index is 12.7. The van der Waals surface area contributed by atoms with Gasteiger partial charge in [0.15, 0.2) is 0 Å². The third-order valence-electron chi connectivity index (χ3n) is 2.88. The standard InChI is InChI=1S/C13H17FN2O/c1-9(10-2-4-11(14)5-3-10)16-13(17)8-15-12-6-7-12/h2-5,9,12,15H,6-8H2,1H3,(H,16,17)/t9-/m0/s1. The summed E-state index contributed by atoms with van der Waals surface area (Å²) < 4.78 is 12.7. The van der Waals surface area contributed by atoms with E-state index in [-0.39, 0.29) is 17.8 Å². The van der Waals surface area contributed by atoms with Crippen LogP contribution in [0.3, 0.4) is 0 Å². The zero-order valence-corrected chi connectivity index (χ0v) is 9.87. The van der Waals surface area contributed by atoms with Crippen LogP contribution in [0.25, 0.3) is 0 Å². The van der Waals surface area contributed by atoms with Crippen LogP contribution in [0.4, 0.5) is 4.39 Å². The molecular weight excluding hydrogens is 219 g/mol. The summed E-state index contributed by atoms with van der Waals surface area (Å²) in [5, 5.41) is 6.03.